The Labute approximate surface area is 148 Å². The fourth-order valence-corrected chi connectivity index (χ4v) is 5.93. The number of carbonyl (C=O) groups excluding carboxylic acids is 1. The van der Waals surface area contributed by atoms with E-state index in [-0.39, 0.29) is 11.5 Å². The minimum Gasteiger partial charge on any atom is -0.385 e. The van der Waals surface area contributed by atoms with Crippen LogP contribution in [0, 0.1) is 23.7 Å². The third kappa shape index (κ3) is 3.03. The highest BCUT2D eigenvalue weighted by molar-refractivity contribution is 5.94. The van der Waals surface area contributed by atoms with Gasteiger partial charge in [0.1, 0.15) is 0 Å². The molecule has 0 aromatic carbocycles. The zero-order valence-corrected chi connectivity index (χ0v) is 14.9. The number of amides is 1. The maximum absolute atomic E-state index is 13.2. The van der Waals surface area contributed by atoms with Gasteiger partial charge in [-0.2, -0.15) is 0 Å². The molecule has 1 aromatic heterocycles. The van der Waals surface area contributed by atoms with Gasteiger partial charge in [0.25, 0.3) is 5.91 Å². The second kappa shape index (κ2) is 6.94. The van der Waals surface area contributed by atoms with E-state index in [1.54, 1.807) is 19.4 Å². The second-order valence-electron chi connectivity index (χ2n) is 8.01. The number of methoxy groups -OCH3 is 1. The van der Waals surface area contributed by atoms with Crippen molar-refractivity contribution in [3.63, 3.8) is 0 Å². The first-order chi connectivity index (χ1) is 12.2. The van der Waals surface area contributed by atoms with Crippen LogP contribution in [-0.2, 0) is 4.74 Å². The van der Waals surface area contributed by atoms with Gasteiger partial charge in [-0.3, -0.25) is 9.59 Å². The van der Waals surface area contributed by atoms with Crippen molar-refractivity contribution in [2.45, 2.75) is 44.6 Å². The van der Waals surface area contributed by atoms with Crippen molar-refractivity contribution in [3.8, 4) is 0 Å². The van der Waals surface area contributed by atoms with Gasteiger partial charge >= 0.3 is 0 Å². The average Bonchev–Trinajstić information content (AvgIpc) is 3.31. The molecule has 1 N–H and O–H groups in total. The lowest BCUT2D eigenvalue weighted by Gasteiger charge is -2.39. The number of nitrogens with one attached hydrogen (secondary N) is 1. The van der Waals surface area contributed by atoms with Crippen LogP contribution in [0.2, 0.25) is 0 Å². The van der Waals surface area contributed by atoms with Gasteiger partial charge in [0, 0.05) is 44.1 Å². The summed E-state index contributed by atoms with van der Waals surface area (Å²) in [5.74, 6) is 3.21. The lowest BCUT2D eigenvalue weighted by molar-refractivity contribution is 0.0493. The van der Waals surface area contributed by atoms with E-state index in [0.717, 1.165) is 30.6 Å². The fourth-order valence-electron chi connectivity index (χ4n) is 5.93. The van der Waals surface area contributed by atoms with Crippen LogP contribution in [-0.4, -0.2) is 42.1 Å². The van der Waals surface area contributed by atoms with Crippen LogP contribution >= 0.6 is 0 Å². The van der Waals surface area contributed by atoms with Gasteiger partial charge in [-0.05, 0) is 61.8 Å². The molecule has 1 heterocycles. The van der Waals surface area contributed by atoms with Crippen molar-refractivity contribution >= 4 is 5.91 Å². The van der Waals surface area contributed by atoms with Gasteiger partial charge in [-0.1, -0.05) is 6.42 Å². The first kappa shape index (κ1) is 16.8. The summed E-state index contributed by atoms with van der Waals surface area (Å²) in [6.07, 6.45) is 8.94. The van der Waals surface area contributed by atoms with Crippen LogP contribution in [0.3, 0.4) is 0 Å². The van der Waals surface area contributed by atoms with Crippen molar-refractivity contribution in [3.05, 3.63) is 34.2 Å². The van der Waals surface area contributed by atoms with E-state index in [4.69, 9.17) is 4.74 Å². The van der Waals surface area contributed by atoms with Crippen LogP contribution in [0.5, 0.6) is 0 Å². The molecule has 0 radical (unpaired) electrons. The third-order valence-electron chi connectivity index (χ3n) is 6.82. The predicted octanol–water partition coefficient (Wildman–Crippen LogP) is 2.68. The van der Waals surface area contributed by atoms with E-state index in [2.05, 4.69) is 9.88 Å². The quantitative estimate of drug-likeness (QED) is 0.807. The van der Waals surface area contributed by atoms with Crippen molar-refractivity contribution < 1.29 is 9.53 Å². The highest BCUT2D eigenvalue weighted by Crippen LogP contribution is 2.59. The van der Waals surface area contributed by atoms with Crippen LogP contribution in [0.25, 0.3) is 0 Å². The van der Waals surface area contributed by atoms with Crippen molar-refractivity contribution in [1.29, 1.82) is 0 Å². The molecule has 5 atom stereocenters. The molecule has 3 aliphatic carbocycles. The Kier molecular flexibility index (Phi) is 4.67. The number of hydrogen-bond donors (Lipinski definition) is 1. The normalized spacial score (nSPS) is 32.8. The summed E-state index contributed by atoms with van der Waals surface area (Å²) in [6.45, 7) is 1.37. The van der Waals surface area contributed by atoms with Gasteiger partial charge in [-0.25, -0.2) is 0 Å². The number of aromatic amines is 1. The molecule has 2 bridgehead atoms. The van der Waals surface area contributed by atoms with E-state index in [1.165, 1.54) is 31.7 Å². The Morgan fingerprint density at radius 2 is 2.12 bits per heavy atom. The molecular weight excluding hydrogens is 316 g/mol. The molecule has 136 valence electrons. The SMILES string of the molecule is COCCCN(C(=O)c1cc[nH]c(=O)c1)[C@@H]1C[C@H]2C[C@H]1[C@H]1CCC[C@H]21. The molecule has 3 saturated carbocycles. The Hall–Kier alpha value is -1.62. The summed E-state index contributed by atoms with van der Waals surface area (Å²) in [5.41, 5.74) is 0.290. The van der Waals surface area contributed by atoms with Crippen LogP contribution in [0.4, 0.5) is 0 Å². The second-order valence-corrected chi connectivity index (χ2v) is 8.01. The van der Waals surface area contributed by atoms with Crippen molar-refractivity contribution in [1.82, 2.24) is 9.88 Å². The van der Waals surface area contributed by atoms with E-state index in [0.29, 0.717) is 30.7 Å². The third-order valence-corrected chi connectivity index (χ3v) is 6.82. The molecule has 0 saturated heterocycles. The Balaban J connectivity index is 1.56. The standard InChI is InChI=1S/C20H28N2O3/c1-25-9-3-8-22(20(24)13-6-7-21-19(23)12-13)18-11-14-10-17(18)16-5-2-4-15(14)16/h6-7,12,14-18H,2-5,8-11H2,1H3,(H,21,23)/t14-,15-,16+,17+,18-/m1/s1. The van der Waals surface area contributed by atoms with Crippen LogP contribution in [0.1, 0.15) is 48.9 Å². The number of nitrogens with zero attached hydrogens (tertiary/aromatic N) is 1. The Morgan fingerprint density at radius 3 is 2.92 bits per heavy atom. The number of H-pyrrole nitrogens is 1. The number of ether oxygens (including phenoxy) is 1. The maximum atomic E-state index is 13.2. The molecule has 4 rings (SSSR count). The summed E-state index contributed by atoms with van der Waals surface area (Å²) >= 11 is 0. The molecule has 3 aliphatic rings. The van der Waals surface area contributed by atoms with Gasteiger partial charge in [0.15, 0.2) is 0 Å². The molecule has 3 fully saturated rings. The number of hydrogen-bond acceptors (Lipinski definition) is 3. The number of rotatable bonds is 6. The van der Waals surface area contributed by atoms with Crippen molar-refractivity contribution in [2.75, 3.05) is 20.3 Å². The summed E-state index contributed by atoms with van der Waals surface area (Å²) in [4.78, 5) is 29.5. The van der Waals surface area contributed by atoms with E-state index in [9.17, 15) is 9.59 Å². The molecule has 1 amide bonds. The maximum Gasteiger partial charge on any atom is 0.254 e. The molecule has 0 spiro atoms. The summed E-state index contributed by atoms with van der Waals surface area (Å²) in [6, 6.07) is 3.49. The zero-order valence-electron chi connectivity index (χ0n) is 14.9. The van der Waals surface area contributed by atoms with Crippen molar-refractivity contribution in [2.24, 2.45) is 23.7 Å². The van der Waals surface area contributed by atoms with Gasteiger partial charge in [0.05, 0.1) is 0 Å². The minimum atomic E-state index is -0.216. The molecular formula is C20H28N2O3. The number of aromatic nitrogens is 1. The van der Waals surface area contributed by atoms with Crippen LogP contribution in [0.15, 0.2) is 23.1 Å². The first-order valence-electron chi connectivity index (χ1n) is 9.67. The van der Waals surface area contributed by atoms with E-state index >= 15 is 0 Å². The molecule has 25 heavy (non-hydrogen) atoms. The number of pyridine rings is 1. The molecule has 0 unspecified atom stereocenters. The van der Waals surface area contributed by atoms with Gasteiger partial charge in [0.2, 0.25) is 5.56 Å². The Morgan fingerprint density at radius 1 is 1.28 bits per heavy atom. The van der Waals surface area contributed by atoms with Crippen LogP contribution < -0.4 is 5.56 Å². The monoisotopic (exact) mass is 344 g/mol. The summed E-state index contributed by atoms with van der Waals surface area (Å²) in [7, 11) is 1.70. The first-order valence-corrected chi connectivity index (χ1v) is 9.67. The molecule has 0 aliphatic heterocycles. The summed E-state index contributed by atoms with van der Waals surface area (Å²) in [5, 5.41) is 0. The largest absolute Gasteiger partial charge is 0.385 e. The van der Waals surface area contributed by atoms with E-state index in [1.807, 2.05) is 0 Å². The van der Waals surface area contributed by atoms with E-state index < -0.39 is 0 Å². The minimum absolute atomic E-state index is 0.00861. The zero-order chi connectivity index (χ0) is 17.4. The smallest absolute Gasteiger partial charge is 0.254 e. The number of carbonyl (C=O) groups is 1. The van der Waals surface area contributed by atoms with Gasteiger partial charge < -0.3 is 14.6 Å². The Bertz CT molecular complexity index is 686. The predicted molar refractivity (Wildman–Crippen MR) is 95.4 cm³/mol. The topological polar surface area (TPSA) is 62.4 Å². The lowest BCUT2D eigenvalue weighted by Crippen LogP contribution is -2.47. The summed E-state index contributed by atoms with van der Waals surface area (Å²) < 4.78 is 5.20. The highest BCUT2D eigenvalue weighted by Gasteiger charge is 2.55. The lowest BCUT2D eigenvalue weighted by atomic mass is 9.78. The fraction of sp³-hybridized carbons (Fsp3) is 0.700. The average molecular weight is 344 g/mol. The molecule has 5 heteroatoms. The number of fused-ring (bicyclic) bond motifs is 5. The molecule has 5 nitrogen and oxygen atoms in total. The molecule has 1 aromatic rings. The van der Waals surface area contributed by atoms with Gasteiger partial charge in [-0.15, -0.1) is 0 Å². The highest BCUT2D eigenvalue weighted by atomic mass is 16.5.